The first-order valence-electron chi connectivity index (χ1n) is 5.69. The second-order valence-corrected chi connectivity index (χ2v) is 4.42. The molecule has 0 bridgehead atoms. The van der Waals surface area contributed by atoms with Gasteiger partial charge < -0.3 is 15.2 Å². The van der Waals surface area contributed by atoms with Gasteiger partial charge in [-0.2, -0.15) is 0 Å². The van der Waals surface area contributed by atoms with Crippen LogP contribution >= 0.6 is 0 Å². The number of hydrogen-bond acceptors (Lipinski definition) is 6. The number of nitrogens with zero attached hydrogens (tertiary/aromatic N) is 4. The fourth-order valence-electron chi connectivity index (χ4n) is 1.73. The summed E-state index contributed by atoms with van der Waals surface area (Å²) in [5, 5.41) is 3.80. The van der Waals surface area contributed by atoms with Crippen molar-refractivity contribution in [2.45, 2.75) is 13.8 Å². The maximum absolute atomic E-state index is 12.2. The molecule has 0 saturated heterocycles. The van der Waals surface area contributed by atoms with E-state index >= 15 is 0 Å². The van der Waals surface area contributed by atoms with E-state index in [2.05, 4.69) is 15.1 Å². The molecule has 1 amide bonds. The summed E-state index contributed by atoms with van der Waals surface area (Å²) in [6.45, 7) is 3.50. The molecule has 0 spiro atoms. The van der Waals surface area contributed by atoms with Gasteiger partial charge in [-0.25, -0.2) is 9.97 Å². The van der Waals surface area contributed by atoms with Gasteiger partial charge in [0.15, 0.2) is 5.76 Å². The number of nitrogen functional groups attached to an aromatic ring is 1. The monoisotopic (exact) mass is 261 g/mol. The van der Waals surface area contributed by atoms with Crippen molar-refractivity contribution in [3.63, 3.8) is 0 Å². The van der Waals surface area contributed by atoms with Crippen LogP contribution in [0, 0.1) is 13.8 Å². The average Bonchev–Trinajstić information content (AvgIpc) is 2.74. The van der Waals surface area contributed by atoms with E-state index in [0.717, 1.165) is 0 Å². The van der Waals surface area contributed by atoms with Crippen molar-refractivity contribution in [1.29, 1.82) is 0 Å². The first-order valence-corrected chi connectivity index (χ1v) is 5.69. The molecule has 0 aliphatic heterocycles. The molecule has 2 heterocycles. The highest BCUT2D eigenvalue weighted by molar-refractivity contribution is 6.00. The van der Waals surface area contributed by atoms with Crippen LogP contribution in [0.15, 0.2) is 10.6 Å². The number of aryl methyl sites for hydroxylation is 2. The maximum Gasteiger partial charge on any atom is 0.257 e. The summed E-state index contributed by atoms with van der Waals surface area (Å²) in [6, 6.07) is 1.70. The van der Waals surface area contributed by atoms with Gasteiger partial charge in [-0.1, -0.05) is 5.16 Å². The first-order chi connectivity index (χ1) is 8.90. The van der Waals surface area contributed by atoms with Crippen LogP contribution in [0.1, 0.15) is 21.7 Å². The zero-order valence-electron chi connectivity index (χ0n) is 11.3. The average molecular weight is 261 g/mol. The number of carbonyl (C=O) groups excluding carboxylic acids is 1. The molecule has 0 aromatic carbocycles. The molecule has 0 atom stereocenters. The molecular weight excluding hydrogens is 246 g/mol. The summed E-state index contributed by atoms with van der Waals surface area (Å²) in [7, 11) is 3.32. The summed E-state index contributed by atoms with van der Waals surface area (Å²) in [4.78, 5) is 21.8. The minimum Gasteiger partial charge on any atom is -0.368 e. The topological polar surface area (TPSA) is 98.1 Å². The van der Waals surface area contributed by atoms with Crippen LogP contribution < -0.4 is 5.73 Å². The van der Waals surface area contributed by atoms with Crippen molar-refractivity contribution in [3.05, 3.63) is 23.0 Å². The minimum atomic E-state index is -0.207. The molecule has 19 heavy (non-hydrogen) atoms. The summed E-state index contributed by atoms with van der Waals surface area (Å²) in [5.41, 5.74) is 7.59. The summed E-state index contributed by atoms with van der Waals surface area (Å²) in [5.74, 6) is 0.290. The van der Waals surface area contributed by atoms with Crippen molar-refractivity contribution in [3.8, 4) is 11.5 Å². The van der Waals surface area contributed by atoms with Gasteiger partial charge in [-0.3, -0.25) is 4.79 Å². The van der Waals surface area contributed by atoms with Gasteiger partial charge in [0.1, 0.15) is 5.69 Å². The third-order valence-electron chi connectivity index (χ3n) is 2.59. The molecule has 0 radical (unpaired) electrons. The molecular formula is C12H15N5O2. The largest absolute Gasteiger partial charge is 0.368 e. The fourth-order valence-corrected chi connectivity index (χ4v) is 1.73. The van der Waals surface area contributed by atoms with Crippen molar-refractivity contribution in [1.82, 2.24) is 20.0 Å². The number of aromatic nitrogens is 3. The highest BCUT2D eigenvalue weighted by atomic mass is 16.5. The van der Waals surface area contributed by atoms with E-state index in [1.54, 1.807) is 34.0 Å². The van der Waals surface area contributed by atoms with Gasteiger partial charge in [0, 0.05) is 20.2 Å². The molecule has 2 aromatic heterocycles. The van der Waals surface area contributed by atoms with Crippen molar-refractivity contribution < 1.29 is 9.32 Å². The molecule has 2 aromatic rings. The van der Waals surface area contributed by atoms with E-state index < -0.39 is 0 Å². The lowest BCUT2D eigenvalue weighted by molar-refractivity contribution is 0.0826. The quantitative estimate of drug-likeness (QED) is 0.867. The van der Waals surface area contributed by atoms with Gasteiger partial charge in [0.25, 0.3) is 5.91 Å². The summed E-state index contributed by atoms with van der Waals surface area (Å²) < 4.78 is 5.16. The number of hydrogen-bond donors (Lipinski definition) is 1. The zero-order valence-corrected chi connectivity index (χ0v) is 11.3. The predicted molar refractivity (Wildman–Crippen MR) is 69.4 cm³/mol. The van der Waals surface area contributed by atoms with Crippen LogP contribution in [-0.2, 0) is 0 Å². The third kappa shape index (κ3) is 2.40. The smallest absolute Gasteiger partial charge is 0.257 e. The van der Waals surface area contributed by atoms with Crippen molar-refractivity contribution in [2.24, 2.45) is 0 Å². The molecule has 7 heteroatoms. The van der Waals surface area contributed by atoms with E-state index in [-0.39, 0.29) is 11.9 Å². The van der Waals surface area contributed by atoms with Crippen LogP contribution in [0.3, 0.4) is 0 Å². The van der Waals surface area contributed by atoms with Crippen LogP contribution in [0.2, 0.25) is 0 Å². The molecule has 100 valence electrons. The molecule has 0 fully saturated rings. The number of carbonyl (C=O) groups is 1. The molecule has 2 N–H and O–H groups in total. The van der Waals surface area contributed by atoms with Crippen LogP contribution in [0.5, 0.6) is 0 Å². The van der Waals surface area contributed by atoms with Crippen LogP contribution in [-0.4, -0.2) is 40.0 Å². The van der Waals surface area contributed by atoms with Gasteiger partial charge in [0.2, 0.25) is 5.95 Å². The lowest BCUT2D eigenvalue weighted by Gasteiger charge is -2.14. The second-order valence-electron chi connectivity index (χ2n) is 4.42. The Bertz CT molecular complexity index is 633. The Hall–Kier alpha value is -2.44. The van der Waals surface area contributed by atoms with Crippen LogP contribution in [0.25, 0.3) is 11.5 Å². The lowest BCUT2D eigenvalue weighted by Crippen LogP contribution is -2.24. The Balaban J connectivity index is 2.68. The Morgan fingerprint density at radius 1 is 1.32 bits per heavy atom. The number of nitrogens with two attached hydrogens (primary N) is 1. The van der Waals surface area contributed by atoms with E-state index in [9.17, 15) is 4.79 Å². The van der Waals surface area contributed by atoms with E-state index in [4.69, 9.17) is 10.3 Å². The van der Waals surface area contributed by atoms with Gasteiger partial charge in [-0.15, -0.1) is 0 Å². The van der Waals surface area contributed by atoms with Crippen LogP contribution in [0.4, 0.5) is 5.95 Å². The molecule has 0 saturated carbocycles. The summed E-state index contributed by atoms with van der Waals surface area (Å²) in [6.07, 6.45) is 0. The number of anilines is 1. The Morgan fingerprint density at radius 2 is 2.00 bits per heavy atom. The van der Waals surface area contributed by atoms with Crippen molar-refractivity contribution in [2.75, 3.05) is 19.8 Å². The number of rotatable bonds is 2. The lowest BCUT2D eigenvalue weighted by atomic mass is 10.1. The highest BCUT2D eigenvalue weighted by Gasteiger charge is 2.23. The maximum atomic E-state index is 12.2. The standard InChI is InChI=1S/C12H15N5O2/c1-6-5-8(19-16-6)10-9(11(18)17(3)4)7(2)14-12(13)15-10/h5H,1-4H3,(H2,13,14,15). The van der Waals surface area contributed by atoms with E-state index in [0.29, 0.717) is 28.4 Å². The van der Waals surface area contributed by atoms with Gasteiger partial charge in [0.05, 0.1) is 17.0 Å². The van der Waals surface area contributed by atoms with E-state index in [1.807, 2.05) is 0 Å². The predicted octanol–water partition coefficient (Wildman–Crippen LogP) is 1.03. The normalized spacial score (nSPS) is 10.5. The number of amides is 1. The SMILES string of the molecule is Cc1cc(-c2nc(N)nc(C)c2C(=O)N(C)C)on1. The fraction of sp³-hybridized carbons (Fsp3) is 0.333. The Morgan fingerprint density at radius 3 is 2.53 bits per heavy atom. The molecule has 0 aliphatic carbocycles. The first kappa shape index (κ1) is 13.0. The van der Waals surface area contributed by atoms with Crippen molar-refractivity contribution >= 4 is 11.9 Å². The highest BCUT2D eigenvalue weighted by Crippen LogP contribution is 2.25. The van der Waals surface area contributed by atoms with Gasteiger partial charge in [-0.05, 0) is 13.8 Å². The molecule has 7 nitrogen and oxygen atoms in total. The third-order valence-corrected chi connectivity index (χ3v) is 2.59. The Labute approximate surface area is 110 Å². The zero-order chi connectivity index (χ0) is 14.2. The minimum absolute atomic E-state index is 0.0943. The molecule has 0 aliphatic rings. The van der Waals surface area contributed by atoms with E-state index in [1.165, 1.54) is 4.90 Å². The molecule has 2 rings (SSSR count). The second kappa shape index (κ2) is 4.68. The van der Waals surface area contributed by atoms with Gasteiger partial charge >= 0.3 is 0 Å². The molecule has 0 unspecified atom stereocenters. The Kier molecular flexibility index (Phi) is 3.20. The summed E-state index contributed by atoms with van der Waals surface area (Å²) >= 11 is 0.